The molecular formula is C28H41ClN6O6S. The minimum atomic E-state index is -4.19. The van der Waals surface area contributed by atoms with E-state index in [9.17, 15) is 27.9 Å². The smallest absolute Gasteiger partial charge is 0.326 e. The van der Waals surface area contributed by atoms with Gasteiger partial charge in [-0.05, 0) is 48.6 Å². The number of hydrogen-bond acceptors (Lipinski definition) is 6. The minimum absolute atomic E-state index is 0. The van der Waals surface area contributed by atoms with Gasteiger partial charge in [-0.3, -0.25) is 15.0 Å². The summed E-state index contributed by atoms with van der Waals surface area (Å²) in [5, 5.41) is 21.6. The second-order valence-corrected chi connectivity index (χ2v) is 12.1. The Labute approximate surface area is 253 Å². The number of benzene rings is 2. The Morgan fingerprint density at radius 2 is 1.83 bits per heavy atom. The Hall–Kier alpha value is -3.42. The van der Waals surface area contributed by atoms with Gasteiger partial charge in [-0.2, -0.15) is 0 Å². The quantitative estimate of drug-likeness (QED) is 0.175. The highest BCUT2D eigenvalue weighted by molar-refractivity contribution is 7.89. The standard InChI is InChI=1S/C28H40N6O6S.ClH/c1-4-22(26(36)33(3)20-11-8-14-34(17-20)28(29)30)23(16-24(27(37)38)31-25(35)5-2)32-41(39,40)21-13-12-18-9-6-7-10-19(18)15-21;/h6-7,9-10,12-13,15,20,22-24,32H,4-5,8,11,14,16-17H2,1-3H3,(H3,29,30)(H,31,35)(H,37,38);1H/t20-,22?,23?,24-;/m0./s1. The Kier molecular flexibility index (Phi) is 12.6. The number of aliphatic carboxylic acids is 1. The largest absolute Gasteiger partial charge is 0.480 e. The molecule has 0 aliphatic carbocycles. The van der Waals surface area contributed by atoms with Crippen LogP contribution in [0.25, 0.3) is 10.8 Å². The fourth-order valence-corrected chi connectivity index (χ4v) is 6.56. The summed E-state index contributed by atoms with van der Waals surface area (Å²) < 4.78 is 29.9. The van der Waals surface area contributed by atoms with Gasteiger partial charge < -0.3 is 26.0 Å². The van der Waals surface area contributed by atoms with E-state index in [0.29, 0.717) is 24.9 Å². The average molecular weight is 625 g/mol. The predicted octanol–water partition coefficient (Wildman–Crippen LogP) is 2.12. The first-order chi connectivity index (χ1) is 19.4. The van der Waals surface area contributed by atoms with E-state index in [1.54, 1.807) is 48.9 Å². The van der Waals surface area contributed by atoms with Gasteiger partial charge in [-0.1, -0.05) is 44.2 Å². The molecule has 3 rings (SSSR count). The first-order valence-corrected chi connectivity index (χ1v) is 15.2. The molecule has 2 amide bonds. The van der Waals surface area contributed by atoms with Gasteiger partial charge >= 0.3 is 5.97 Å². The number of rotatable bonds is 12. The van der Waals surface area contributed by atoms with E-state index in [0.717, 1.165) is 11.8 Å². The number of piperidine rings is 1. The van der Waals surface area contributed by atoms with Crippen molar-refractivity contribution < 1.29 is 27.9 Å². The molecule has 0 aromatic heterocycles. The SMILES string of the molecule is CCC(=O)N[C@@H](CC(NS(=O)(=O)c1ccc2ccccc2c1)C(CC)C(=O)N(C)[C@H]1CCCN(C(=N)N)C1)C(=O)O.Cl. The molecule has 6 N–H and O–H groups in total. The second-order valence-electron chi connectivity index (χ2n) is 10.4. The minimum Gasteiger partial charge on any atom is -0.480 e. The molecule has 1 heterocycles. The molecule has 14 heteroatoms. The molecule has 1 aliphatic heterocycles. The Morgan fingerprint density at radius 3 is 2.43 bits per heavy atom. The molecule has 0 bridgehead atoms. The van der Waals surface area contributed by atoms with Crippen molar-refractivity contribution in [3.63, 3.8) is 0 Å². The zero-order valence-corrected chi connectivity index (χ0v) is 25.7. The summed E-state index contributed by atoms with van der Waals surface area (Å²) in [5.74, 6) is -3.21. The van der Waals surface area contributed by atoms with E-state index in [4.69, 9.17) is 11.1 Å². The predicted molar refractivity (Wildman–Crippen MR) is 163 cm³/mol. The number of amides is 2. The lowest BCUT2D eigenvalue weighted by atomic mass is 9.90. The molecule has 2 unspecified atom stereocenters. The normalized spacial score (nSPS) is 17.4. The van der Waals surface area contributed by atoms with Crippen LogP contribution < -0.4 is 15.8 Å². The molecule has 2 aromatic carbocycles. The fourth-order valence-electron chi connectivity index (χ4n) is 5.23. The van der Waals surface area contributed by atoms with E-state index in [1.807, 2.05) is 12.1 Å². The number of nitrogens with two attached hydrogens (primary N) is 1. The Balaban J connectivity index is 0.00000616. The lowest BCUT2D eigenvalue weighted by molar-refractivity contribution is -0.143. The molecule has 0 saturated carbocycles. The third-order valence-corrected chi connectivity index (χ3v) is 9.14. The summed E-state index contributed by atoms with van der Waals surface area (Å²) in [6.45, 7) is 4.29. The number of guanidine groups is 1. The molecule has 12 nitrogen and oxygen atoms in total. The van der Waals surface area contributed by atoms with Crippen LogP contribution in [0.1, 0.15) is 46.0 Å². The molecule has 4 atom stereocenters. The van der Waals surface area contributed by atoms with Crippen molar-refractivity contribution in [3.05, 3.63) is 42.5 Å². The van der Waals surface area contributed by atoms with E-state index in [1.165, 1.54) is 12.1 Å². The number of carbonyl (C=O) groups is 3. The highest BCUT2D eigenvalue weighted by Crippen LogP contribution is 2.25. The highest BCUT2D eigenvalue weighted by atomic mass is 35.5. The van der Waals surface area contributed by atoms with Crippen LogP contribution in [0.15, 0.2) is 47.4 Å². The first-order valence-electron chi connectivity index (χ1n) is 13.8. The number of sulfonamides is 1. The van der Waals surface area contributed by atoms with Gasteiger partial charge in [0.15, 0.2) is 5.96 Å². The van der Waals surface area contributed by atoms with Gasteiger partial charge in [0.2, 0.25) is 21.8 Å². The number of hydrogen-bond donors (Lipinski definition) is 5. The monoisotopic (exact) mass is 624 g/mol. The van der Waals surface area contributed by atoms with Crippen LogP contribution >= 0.6 is 12.4 Å². The molecular weight excluding hydrogens is 584 g/mol. The average Bonchev–Trinajstić information content (AvgIpc) is 2.95. The maximum absolute atomic E-state index is 13.9. The molecule has 0 radical (unpaired) electrons. The first kappa shape index (κ1) is 34.8. The van der Waals surface area contributed by atoms with Crippen LogP contribution in [-0.4, -0.2) is 85.3 Å². The summed E-state index contributed by atoms with van der Waals surface area (Å²) >= 11 is 0. The maximum atomic E-state index is 13.9. The Bertz CT molecular complexity index is 1390. The number of fused-ring (bicyclic) bond motifs is 1. The molecule has 0 spiro atoms. The van der Waals surface area contributed by atoms with Crippen molar-refractivity contribution in [1.82, 2.24) is 19.8 Å². The van der Waals surface area contributed by atoms with Crippen molar-refractivity contribution in [2.45, 2.75) is 69.0 Å². The van der Waals surface area contributed by atoms with E-state index < -0.39 is 39.9 Å². The fraction of sp³-hybridized carbons (Fsp3) is 0.500. The van der Waals surface area contributed by atoms with E-state index in [2.05, 4.69) is 10.0 Å². The number of nitrogens with zero attached hydrogens (tertiary/aromatic N) is 2. The van der Waals surface area contributed by atoms with Crippen LogP contribution in [0, 0.1) is 11.3 Å². The van der Waals surface area contributed by atoms with Crippen LogP contribution in [0.2, 0.25) is 0 Å². The van der Waals surface area contributed by atoms with Crippen molar-refractivity contribution in [1.29, 1.82) is 5.41 Å². The van der Waals surface area contributed by atoms with Gasteiger partial charge in [0.1, 0.15) is 6.04 Å². The second kappa shape index (κ2) is 15.2. The van der Waals surface area contributed by atoms with Crippen LogP contribution in [0.3, 0.4) is 0 Å². The third-order valence-electron chi connectivity index (χ3n) is 7.66. The number of nitrogens with one attached hydrogen (secondary N) is 3. The number of halogens is 1. The molecule has 232 valence electrons. The van der Waals surface area contributed by atoms with Crippen molar-refractivity contribution in [3.8, 4) is 0 Å². The zero-order valence-electron chi connectivity index (χ0n) is 24.1. The molecule has 2 aromatic rings. The zero-order chi connectivity index (χ0) is 30.3. The van der Waals surface area contributed by atoms with Crippen molar-refractivity contribution in [2.24, 2.45) is 11.7 Å². The number of carboxylic acid groups (broad SMARTS) is 1. The lowest BCUT2D eigenvalue weighted by Crippen LogP contribution is -2.56. The van der Waals surface area contributed by atoms with E-state index >= 15 is 0 Å². The topological polar surface area (TPSA) is 186 Å². The molecule has 1 fully saturated rings. The lowest BCUT2D eigenvalue weighted by Gasteiger charge is -2.40. The van der Waals surface area contributed by atoms with Crippen molar-refractivity contribution in [2.75, 3.05) is 20.1 Å². The maximum Gasteiger partial charge on any atom is 0.326 e. The number of carboxylic acids is 1. The van der Waals surface area contributed by atoms with Gasteiger partial charge in [-0.15, -0.1) is 12.4 Å². The van der Waals surface area contributed by atoms with Gasteiger partial charge in [-0.25, -0.2) is 17.9 Å². The summed E-state index contributed by atoms with van der Waals surface area (Å²) in [6.07, 6.45) is 1.33. The number of likely N-dealkylation sites (N-methyl/N-ethyl adjacent to an activating group) is 1. The van der Waals surface area contributed by atoms with Gasteiger partial charge in [0.05, 0.1) is 10.8 Å². The molecule has 1 aliphatic rings. The summed E-state index contributed by atoms with van der Waals surface area (Å²) in [7, 11) is -2.57. The number of carbonyl (C=O) groups excluding carboxylic acids is 2. The van der Waals surface area contributed by atoms with Gasteiger partial charge in [0, 0.05) is 38.6 Å². The summed E-state index contributed by atoms with van der Waals surface area (Å²) in [5.41, 5.74) is 5.67. The van der Waals surface area contributed by atoms with Crippen molar-refractivity contribution >= 4 is 56.9 Å². The summed E-state index contributed by atoms with van der Waals surface area (Å²) in [6, 6.07) is 9.13. The third kappa shape index (κ3) is 8.55. The van der Waals surface area contributed by atoms with Crippen LogP contribution in [0.4, 0.5) is 0 Å². The van der Waals surface area contributed by atoms with Crippen LogP contribution in [-0.2, 0) is 24.4 Å². The van der Waals surface area contributed by atoms with Crippen LogP contribution in [0.5, 0.6) is 0 Å². The number of likely N-dealkylation sites (tertiary alicyclic amines) is 1. The molecule has 1 saturated heterocycles. The summed E-state index contributed by atoms with van der Waals surface area (Å²) in [4.78, 5) is 41.3. The Morgan fingerprint density at radius 1 is 1.17 bits per heavy atom. The highest BCUT2D eigenvalue weighted by Gasteiger charge is 2.38. The van der Waals surface area contributed by atoms with E-state index in [-0.39, 0.29) is 54.5 Å². The van der Waals surface area contributed by atoms with Gasteiger partial charge in [0.25, 0.3) is 0 Å². The molecule has 42 heavy (non-hydrogen) atoms.